The highest BCUT2D eigenvalue weighted by Crippen LogP contribution is 2.19. The van der Waals surface area contributed by atoms with Crippen LogP contribution < -0.4 is 0 Å². The monoisotopic (exact) mass is 280 g/mol. The molecule has 0 heterocycles. The Kier molecular flexibility index (Phi) is 3.96. The van der Waals surface area contributed by atoms with Crippen LogP contribution in [0.4, 0.5) is 8.78 Å². The second kappa shape index (κ2) is 5.49. The van der Waals surface area contributed by atoms with Gasteiger partial charge in [-0.15, -0.1) is 0 Å². The molecule has 0 radical (unpaired) electrons. The van der Waals surface area contributed by atoms with Gasteiger partial charge in [0.25, 0.3) is 0 Å². The van der Waals surface area contributed by atoms with Crippen molar-refractivity contribution in [2.75, 3.05) is 0 Å². The van der Waals surface area contributed by atoms with Crippen molar-refractivity contribution in [3.05, 3.63) is 69.7 Å². The summed E-state index contributed by atoms with van der Waals surface area (Å²) in [5.74, 6) is -2.21. The molecule has 19 heavy (non-hydrogen) atoms. The number of hydrogen-bond donors (Lipinski definition) is 0. The van der Waals surface area contributed by atoms with Gasteiger partial charge >= 0.3 is 0 Å². The average molecular weight is 281 g/mol. The maximum absolute atomic E-state index is 13.5. The molecule has 0 spiro atoms. The van der Waals surface area contributed by atoms with Gasteiger partial charge in [0.1, 0.15) is 0 Å². The molecule has 0 aliphatic carbocycles. The van der Waals surface area contributed by atoms with Crippen molar-refractivity contribution in [1.29, 1.82) is 0 Å². The van der Waals surface area contributed by atoms with Crippen LogP contribution in [-0.4, -0.2) is 5.78 Å². The van der Waals surface area contributed by atoms with Gasteiger partial charge in [-0.2, -0.15) is 0 Å². The summed E-state index contributed by atoms with van der Waals surface area (Å²) in [5.41, 5.74) is 1.23. The van der Waals surface area contributed by atoms with Crippen LogP contribution in [-0.2, 0) is 6.42 Å². The van der Waals surface area contributed by atoms with Gasteiger partial charge < -0.3 is 0 Å². The van der Waals surface area contributed by atoms with Crippen LogP contribution in [0.25, 0.3) is 0 Å². The summed E-state index contributed by atoms with van der Waals surface area (Å²) in [7, 11) is 0. The molecule has 4 heteroatoms. The molecule has 1 nitrogen and oxygen atoms in total. The lowest BCUT2D eigenvalue weighted by atomic mass is 9.99. The number of carbonyl (C=O) groups is 1. The minimum absolute atomic E-state index is 0.0457. The smallest absolute Gasteiger partial charge is 0.167 e. The van der Waals surface area contributed by atoms with E-state index in [-0.39, 0.29) is 17.8 Å². The summed E-state index contributed by atoms with van der Waals surface area (Å²) in [6.45, 7) is 1.77. The second-order valence-corrected chi connectivity index (χ2v) is 4.71. The Balaban J connectivity index is 2.31. The number of hydrogen-bond acceptors (Lipinski definition) is 1. The molecular weight excluding hydrogens is 270 g/mol. The standard InChI is InChI=1S/C15H11ClF2O/c1-9-5-6-11(16)8-12(9)14(19)7-10-3-2-4-13(17)15(10)18/h2-6,8H,7H2,1H3. The topological polar surface area (TPSA) is 17.1 Å². The highest BCUT2D eigenvalue weighted by Gasteiger charge is 2.15. The third kappa shape index (κ3) is 2.99. The van der Waals surface area contributed by atoms with Crippen LogP contribution in [0.2, 0.25) is 5.02 Å². The third-order valence-electron chi connectivity index (χ3n) is 2.88. The number of benzene rings is 2. The summed E-state index contributed by atoms with van der Waals surface area (Å²) in [5, 5.41) is 0.439. The Morgan fingerprint density at radius 2 is 1.95 bits per heavy atom. The van der Waals surface area contributed by atoms with Crippen molar-refractivity contribution in [3.8, 4) is 0 Å². The summed E-state index contributed by atoms with van der Waals surface area (Å²) < 4.78 is 26.6. The number of rotatable bonds is 3. The molecule has 0 N–H and O–H groups in total. The number of Topliss-reactive ketones (excluding diaryl/α,β-unsaturated/α-hetero) is 1. The van der Waals surface area contributed by atoms with Crippen LogP contribution >= 0.6 is 11.6 Å². The highest BCUT2D eigenvalue weighted by atomic mass is 35.5. The molecule has 0 aliphatic rings. The minimum Gasteiger partial charge on any atom is -0.294 e. The molecule has 2 aromatic rings. The van der Waals surface area contributed by atoms with E-state index in [0.29, 0.717) is 10.6 Å². The van der Waals surface area contributed by atoms with E-state index in [2.05, 4.69) is 0 Å². The number of ketones is 1. The number of halogens is 3. The fourth-order valence-electron chi connectivity index (χ4n) is 1.85. The lowest BCUT2D eigenvalue weighted by Gasteiger charge is -2.07. The third-order valence-corrected chi connectivity index (χ3v) is 3.12. The fourth-order valence-corrected chi connectivity index (χ4v) is 2.02. The predicted molar refractivity (Wildman–Crippen MR) is 70.6 cm³/mol. The van der Waals surface area contributed by atoms with E-state index in [4.69, 9.17) is 11.6 Å². The summed E-state index contributed by atoms with van der Waals surface area (Å²) >= 11 is 5.83. The fraction of sp³-hybridized carbons (Fsp3) is 0.133. The molecule has 0 unspecified atom stereocenters. The van der Waals surface area contributed by atoms with Crippen LogP contribution in [0.5, 0.6) is 0 Å². The SMILES string of the molecule is Cc1ccc(Cl)cc1C(=O)Cc1cccc(F)c1F. The van der Waals surface area contributed by atoms with Gasteiger partial charge in [-0.1, -0.05) is 29.8 Å². The van der Waals surface area contributed by atoms with Crippen molar-refractivity contribution in [3.63, 3.8) is 0 Å². The minimum atomic E-state index is -0.976. The molecule has 2 aromatic carbocycles. The molecule has 0 bridgehead atoms. The Bertz CT molecular complexity index is 638. The molecule has 0 atom stereocenters. The molecular formula is C15H11ClF2O. The van der Waals surface area contributed by atoms with E-state index in [9.17, 15) is 13.6 Å². The summed E-state index contributed by atoms with van der Waals surface area (Å²) in [6, 6.07) is 8.74. The van der Waals surface area contributed by atoms with Gasteiger partial charge in [0, 0.05) is 17.0 Å². The molecule has 0 aliphatic heterocycles. The van der Waals surface area contributed by atoms with Gasteiger partial charge in [-0.25, -0.2) is 8.78 Å². The Labute approximate surface area is 114 Å². The number of carbonyl (C=O) groups excluding carboxylic acids is 1. The molecule has 0 saturated carbocycles. The van der Waals surface area contributed by atoms with Gasteiger partial charge in [0.15, 0.2) is 17.4 Å². The zero-order valence-corrected chi connectivity index (χ0v) is 11.0. The molecule has 0 saturated heterocycles. The highest BCUT2D eigenvalue weighted by molar-refractivity contribution is 6.31. The van der Waals surface area contributed by atoms with Crippen LogP contribution in [0.1, 0.15) is 21.5 Å². The molecule has 2 rings (SSSR count). The zero-order chi connectivity index (χ0) is 14.0. The van der Waals surface area contributed by atoms with Gasteiger partial charge in [0.05, 0.1) is 0 Å². The zero-order valence-electron chi connectivity index (χ0n) is 10.2. The van der Waals surface area contributed by atoms with Crippen LogP contribution in [0.15, 0.2) is 36.4 Å². The first-order valence-corrected chi connectivity index (χ1v) is 6.09. The van der Waals surface area contributed by atoms with E-state index < -0.39 is 11.6 Å². The van der Waals surface area contributed by atoms with Gasteiger partial charge in [-0.05, 0) is 36.2 Å². The maximum Gasteiger partial charge on any atom is 0.167 e. The van der Waals surface area contributed by atoms with Gasteiger partial charge in [-0.3, -0.25) is 4.79 Å². The first-order valence-electron chi connectivity index (χ1n) is 5.71. The quantitative estimate of drug-likeness (QED) is 0.764. The van der Waals surface area contributed by atoms with Crippen molar-refractivity contribution >= 4 is 17.4 Å². The molecule has 0 amide bonds. The van der Waals surface area contributed by atoms with E-state index in [0.717, 1.165) is 11.6 Å². The van der Waals surface area contributed by atoms with Crippen LogP contribution in [0.3, 0.4) is 0 Å². The number of aryl methyl sites for hydroxylation is 1. The predicted octanol–water partition coefficient (Wildman–Crippen LogP) is 4.35. The maximum atomic E-state index is 13.5. The Hall–Kier alpha value is -1.74. The first-order chi connectivity index (χ1) is 8.99. The van der Waals surface area contributed by atoms with E-state index in [1.807, 2.05) is 0 Å². The van der Waals surface area contributed by atoms with Crippen molar-refractivity contribution in [2.45, 2.75) is 13.3 Å². The Morgan fingerprint density at radius 1 is 1.21 bits per heavy atom. The lowest BCUT2D eigenvalue weighted by molar-refractivity contribution is 0.0991. The normalized spacial score (nSPS) is 10.5. The van der Waals surface area contributed by atoms with Crippen molar-refractivity contribution in [1.82, 2.24) is 0 Å². The molecule has 0 aromatic heterocycles. The second-order valence-electron chi connectivity index (χ2n) is 4.27. The van der Waals surface area contributed by atoms with Crippen LogP contribution in [0, 0.1) is 18.6 Å². The first kappa shape index (κ1) is 13.7. The van der Waals surface area contributed by atoms with E-state index in [1.54, 1.807) is 19.1 Å². The summed E-state index contributed by atoms with van der Waals surface area (Å²) in [4.78, 5) is 12.1. The van der Waals surface area contributed by atoms with E-state index >= 15 is 0 Å². The average Bonchev–Trinajstić information content (AvgIpc) is 2.38. The van der Waals surface area contributed by atoms with Gasteiger partial charge in [0.2, 0.25) is 0 Å². The Morgan fingerprint density at radius 3 is 2.68 bits per heavy atom. The van der Waals surface area contributed by atoms with E-state index in [1.165, 1.54) is 18.2 Å². The van der Waals surface area contributed by atoms with Crippen molar-refractivity contribution in [2.24, 2.45) is 0 Å². The summed E-state index contributed by atoms with van der Waals surface area (Å²) in [6.07, 6.45) is -0.190. The lowest BCUT2D eigenvalue weighted by Crippen LogP contribution is -2.08. The molecule has 98 valence electrons. The molecule has 0 fully saturated rings. The van der Waals surface area contributed by atoms with Crippen molar-refractivity contribution < 1.29 is 13.6 Å². The largest absolute Gasteiger partial charge is 0.294 e.